The summed E-state index contributed by atoms with van der Waals surface area (Å²) in [4.78, 5) is 2.34. The molecule has 0 aromatic carbocycles. The van der Waals surface area contributed by atoms with Crippen LogP contribution < -0.4 is 0 Å². The van der Waals surface area contributed by atoms with Gasteiger partial charge in [-0.15, -0.1) is 0 Å². The highest BCUT2D eigenvalue weighted by Crippen LogP contribution is 2.33. The molecular formula is C11H20FN. The summed E-state index contributed by atoms with van der Waals surface area (Å²) in [6, 6.07) is 0. The van der Waals surface area contributed by atoms with Crippen molar-refractivity contribution in [3.8, 4) is 0 Å². The summed E-state index contributed by atoms with van der Waals surface area (Å²) in [6.45, 7) is 4.95. The third kappa shape index (κ3) is 2.43. The molecule has 1 saturated heterocycles. The molecule has 1 saturated carbocycles. The highest BCUT2D eigenvalue weighted by Gasteiger charge is 2.35. The molecule has 0 N–H and O–H groups in total. The summed E-state index contributed by atoms with van der Waals surface area (Å²) in [5, 5.41) is 0. The number of hydrogen-bond acceptors (Lipinski definition) is 1. The summed E-state index contributed by atoms with van der Waals surface area (Å²) < 4.78 is 14.0. The Morgan fingerprint density at radius 1 is 1.46 bits per heavy atom. The SMILES string of the molecule is CC[C@@]1(F)CCCN(CC2CC2)C1. The van der Waals surface area contributed by atoms with E-state index in [0.717, 1.165) is 31.8 Å². The van der Waals surface area contributed by atoms with E-state index < -0.39 is 5.67 Å². The van der Waals surface area contributed by atoms with Crippen LogP contribution in [0, 0.1) is 5.92 Å². The first-order valence-electron chi connectivity index (χ1n) is 5.63. The van der Waals surface area contributed by atoms with Gasteiger partial charge in [-0.25, -0.2) is 4.39 Å². The van der Waals surface area contributed by atoms with Gasteiger partial charge >= 0.3 is 0 Å². The van der Waals surface area contributed by atoms with Gasteiger partial charge in [0.25, 0.3) is 0 Å². The van der Waals surface area contributed by atoms with E-state index in [9.17, 15) is 4.39 Å². The number of hydrogen-bond donors (Lipinski definition) is 0. The van der Waals surface area contributed by atoms with Crippen LogP contribution in [0.3, 0.4) is 0 Å². The summed E-state index contributed by atoms with van der Waals surface area (Å²) >= 11 is 0. The van der Waals surface area contributed by atoms with Crippen molar-refractivity contribution in [2.24, 2.45) is 5.92 Å². The van der Waals surface area contributed by atoms with Crippen LogP contribution in [0.25, 0.3) is 0 Å². The molecule has 0 amide bonds. The number of rotatable bonds is 3. The van der Waals surface area contributed by atoms with Gasteiger partial charge in [0.2, 0.25) is 0 Å². The molecule has 0 aromatic rings. The molecule has 1 atom stereocenters. The Morgan fingerprint density at radius 3 is 2.85 bits per heavy atom. The number of likely N-dealkylation sites (tertiary alicyclic amines) is 1. The zero-order valence-electron chi connectivity index (χ0n) is 8.56. The lowest BCUT2D eigenvalue weighted by Gasteiger charge is -2.36. The zero-order valence-corrected chi connectivity index (χ0v) is 8.56. The van der Waals surface area contributed by atoms with Crippen molar-refractivity contribution >= 4 is 0 Å². The second kappa shape index (κ2) is 3.56. The first-order valence-corrected chi connectivity index (χ1v) is 5.63. The first-order chi connectivity index (χ1) is 6.22. The van der Waals surface area contributed by atoms with E-state index in [1.165, 1.54) is 12.8 Å². The maximum Gasteiger partial charge on any atom is 0.123 e. The first kappa shape index (κ1) is 9.45. The highest BCUT2D eigenvalue weighted by atomic mass is 19.1. The fraction of sp³-hybridized carbons (Fsp3) is 1.00. The molecule has 13 heavy (non-hydrogen) atoms. The maximum absolute atomic E-state index is 14.0. The van der Waals surface area contributed by atoms with Crippen molar-refractivity contribution in [3.63, 3.8) is 0 Å². The Bertz CT molecular complexity index is 179. The van der Waals surface area contributed by atoms with Crippen LogP contribution in [-0.4, -0.2) is 30.2 Å². The Morgan fingerprint density at radius 2 is 2.23 bits per heavy atom. The molecule has 1 nitrogen and oxygen atoms in total. The van der Waals surface area contributed by atoms with Crippen molar-refractivity contribution in [2.45, 2.75) is 44.7 Å². The van der Waals surface area contributed by atoms with Gasteiger partial charge in [0, 0.05) is 13.1 Å². The minimum atomic E-state index is -0.868. The number of piperidine rings is 1. The Hall–Kier alpha value is -0.110. The van der Waals surface area contributed by atoms with Crippen LogP contribution >= 0.6 is 0 Å². The summed E-state index contributed by atoms with van der Waals surface area (Å²) in [7, 11) is 0. The molecule has 0 unspecified atom stereocenters. The topological polar surface area (TPSA) is 3.24 Å². The van der Waals surface area contributed by atoms with Crippen molar-refractivity contribution in [3.05, 3.63) is 0 Å². The minimum absolute atomic E-state index is 0.689. The monoisotopic (exact) mass is 185 g/mol. The molecule has 1 aliphatic carbocycles. The van der Waals surface area contributed by atoms with Crippen LogP contribution in [0.15, 0.2) is 0 Å². The average molecular weight is 185 g/mol. The molecule has 0 bridgehead atoms. The van der Waals surface area contributed by atoms with Crippen molar-refractivity contribution in [2.75, 3.05) is 19.6 Å². The lowest BCUT2D eigenvalue weighted by molar-refractivity contribution is 0.0399. The second-order valence-electron chi connectivity index (χ2n) is 4.79. The van der Waals surface area contributed by atoms with Gasteiger partial charge in [-0.05, 0) is 44.6 Å². The summed E-state index contributed by atoms with van der Waals surface area (Å²) in [5.74, 6) is 0.902. The normalized spacial score (nSPS) is 36.5. The third-order valence-electron chi connectivity index (χ3n) is 3.45. The largest absolute Gasteiger partial charge is 0.300 e. The van der Waals surface area contributed by atoms with Gasteiger partial charge in [0.05, 0.1) is 0 Å². The molecule has 0 radical (unpaired) electrons. The van der Waals surface area contributed by atoms with Crippen LogP contribution in [0.5, 0.6) is 0 Å². The lowest BCUT2D eigenvalue weighted by Crippen LogP contribution is -2.45. The third-order valence-corrected chi connectivity index (χ3v) is 3.45. The minimum Gasteiger partial charge on any atom is -0.300 e. The fourth-order valence-corrected chi connectivity index (χ4v) is 2.29. The number of alkyl halides is 1. The average Bonchev–Trinajstić information content (AvgIpc) is 2.89. The van der Waals surface area contributed by atoms with Gasteiger partial charge in [-0.2, -0.15) is 0 Å². The van der Waals surface area contributed by atoms with Gasteiger partial charge in [-0.3, -0.25) is 4.90 Å². The van der Waals surface area contributed by atoms with E-state index in [1.54, 1.807) is 0 Å². The highest BCUT2D eigenvalue weighted by molar-refractivity contribution is 4.88. The van der Waals surface area contributed by atoms with Gasteiger partial charge in [0.1, 0.15) is 5.67 Å². The Labute approximate surface area is 80.3 Å². The van der Waals surface area contributed by atoms with Crippen LogP contribution in [0.2, 0.25) is 0 Å². The van der Waals surface area contributed by atoms with E-state index in [1.807, 2.05) is 6.92 Å². The molecule has 0 aromatic heterocycles. The molecule has 1 heterocycles. The number of nitrogens with zero attached hydrogens (tertiary/aromatic N) is 1. The Balaban J connectivity index is 1.83. The van der Waals surface area contributed by atoms with Crippen LogP contribution in [-0.2, 0) is 0 Å². The van der Waals surface area contributed by atoms with Crippen LogP contribution in [0.1, 0.15) is 39.0 Å². The van der Waals surface area contributed by atoms with E-state index in [0.29, 0.717) is 13.0 Å². The van der Waals surface area contributed by atoms with E-state index >= 15 is 0 Å². The van der Waals surface area contributed by atoms with E-state index in [2.05, 4.69) is 4.90 Å². The van der Waals surface area contributed by atoms with Crippen molar-refractivity contribution in [1.82, 2.24) is 4.90 Å². The molecule has 2 fully saturated rings. The molecule has 1 aliphatic heterocycles. The quantitative estimate of drug-likeness (QED) is 0.653. The molecule has 2 heteroatoms. The van der Waals surface area contributed by atoms with E-state index in [4.69, 9.17) is 0 Å². The predicted molar refractivity (Wildman–Crippen MR) is 52.5 cm³/mol. The van der Waals surface area contributed by atoms with Crippen molar-refractivity contribution in [1.29, 1.82) is 0 Å². The maximum atomic E-state index is 14.0. The molecule has 2 aliphatic rings. The zero-order chi connectivity index (χ0) is 9.31. The summed E-state index contributed by atoms with van der Waals surface area (Å²) in [6.07, 6.45) is 5.28. The fourth-order valence-electron chi connectivity index (χ4n) is 2.29. The van der Waals surface area contributed by atoms with Gasteiger partial charge in [0.15, 0.2) is 0 Å². The molecular weight excluding hydrogens is 165 g/mol. The molecule has 0 spiro atoms. The smallest absolute Gasteiger partial charge is 0.123 e. The predicted octanol–water partition coefficient (Wildman–Crippen LogP) is 2.61. The summed E-state index contributed by atoms with van der Waals surface area (Å²) in [5.41, 5.74) is -0.868. The van der Waals surface area contributed by atoms with E-state index in [-0.39, 0.29) is 0 Å². The molecule has 76 valence electrons. The Kier molecular flexibility index (Phi) is 2.59. The number of halogens is 1. The standard InChI is InChI=1S/C11H20FN/c1-2-11(12)6-3-7-13(9-11)8-10-4-5-10/h10H,2-9H2,1H3/t11-/m1/s1. The van der Waals surface area contributed by atoms with Gasteiger partial charge in [-0.1, -0.05) is 6.92 Å². The van der Waals surface area contributed by atoms with Crippen molar-refractivity contribution < 1.29 is 4.39 Å². The van der Waals surface area contributed by atoms with Crippen LogP contribution in [0.4, 0.5) is 4.39 Å². The van der Waals surface area contributed by atoms with Gasteiger partial charge < -0.3 is 0 Å². The second-order valence-corrected chi connectivity index (χ2v) is 4.79. The molecule has 2 rings (SSSR count). The lowest BCUT2D eigenvalue weighted by atomic mass is 9.92.